The maximum absolute atomic E-state index is 15.2. The van der Waals surface area contributed by atoms with Crippen molar-refractivity contribution in [1.82, 2.24) is 34.8 Å². The lowest BCUT2D eigenvalue weighted by molar-refractivity contribution is -0.133. The SMILES string of the molecule is C=C(/C=C(\C)C(C)N1CC=C(c2c(C)cc(C(C)=O)cc2F)CC1)/C(=C\CNC)n1ccc(NC)cc1=O.CC.CC.CCCn1nc(CN2CCC(c3cc(OC)c(NC4CCC(=O)NC4=O)cc3F)CC2)cc1CC. The molecule has 77 heavy (non-hydrogen) atoms. The zero-order chi connectivity index (χ0) is 56.9. The van der Waals surface area contributed by atoms with E-state index in [-0.39, 0.29) is 47.3 Å². The van der Waals surface area contributed by atoms with Gasteiger partial charge in [0, 0.05) is 93.1 Å². The minimum absolute atomic E-state index is 0.105. The van der Waals surface area contributed by atoms with E-state index in [4.69, 9.17) is 9.84 Å². The number of carbonyl (C=O) groups excluding carboxylic acids is 3. The number of piperidine rings is 2. The summed E-state index contributed by atoms with van der Waals surface area (Å²) in [5.41, 5.74) is 9.46. The molecule has 5 heterocycles. The highest BCUT2D eigenvalue weighted by Gasteiger charge is 2.30. The van der Waals surface area contributed by atoms with Gasteiger partial charge < -0.3 is 20.7 Å². The number of ketones is 1. The second-order valence-electron chi connectivity index (χ2n) is 19.3. The van der Waals surface area contributed by atoms with Gasteiger partial charge in [0.25, 0.3) is 5.56 Å². The van der Waals surface area contributed by atoms with Crippen molar-refractivity contribution in [3.63, 3.8) is 0 Å². The zero-order valence-electron chi connectivity index (χ0n) is 48.2. The Morgan fingerprint density at radius 2 is 1.68 bits per heavy atom. The highest BCUT2D eigenvalue weighted by Crippen LogP contribution is 2.37. The standard InChI is InChI=1S/C31H39FN4O2.C26H36FN5O3.2C2H6/c1-20(16-21(2)29(8-12-33-6)36-15-11-27(34-7)19-30(36)38)23(4)35-13-9-25(10-14-35)31-22(3)17-26(24(5)37)18-28(31)32;1-4-10-32-19(5-2)13-18(30-32)16-31-11-8-17(9-12-31)20-14-24(35-3)23(15-21(20)27)28-22-6-7-25(33)29-26(22)34;2*1-2/h8-9,11,15-19,23,33-34H,2,10,12-14H2,1,3-7H3;13-15,17,22,28H,4-12,16H2,1-3H3,(H,29,33,34);2*1-2H3/b20-16+,29-8+;;;. The Bertz CT molecular complexity index is 2780. The number of likely N-dealkylation sites (N-methyl/N-ethyl adjacent to an activating group) is 1. The zero-order valence-corrected chi connectivity index (χ0v) is 48.2. The van der Waals surface area contributed by atoms with Gasteiger partial charge in [-0.1, -0.05) is 65.8 Å². The number of pyridine rings is 1. The number of ether oxygens (including phenoxy) is 1. The molecule has 2 aromatic carbocycles. The third-order valence-electron chi connectivity index (χ3n) is 14.2. The minimum Gasteiger partial charge on any atom is -0.495 e. The number of amides is 2. The van der Waals surface area contributed by atoms with Crippen molar-refractivity contribution in [3.05, 3.63) is 140 Å². The Morgan fingerprint density at radius 3 is 2.25 bits per heavy atom. The summed E-state index contributed by atoms with van der Waals surface area (Å²) in [7, 11) is 5.18. The molecular weight excluding hydrogens is 977 g/mol. The third-order valence-corrected chi connectivity index (χ3v) is 14.2. The summed E-state index contributed by atoms with van der Waals surface area (Å²) in [4.78, 5) is 52.7. The Morgan fingerprint density at radius 1 is 0.961 bits per heavy atom. The molecule has 0 aliphatic carbocycles. The molecule has 4 N–H and O–H groups in total. The summed E-state index contributed by atoms with van der Waals surface area (Å²) >= 11 is 0. The fourth-order valence-electron chi connectivity index (χ4n) is 9.89. The number of rotatable bonds is 19. The van der Waals surface area contributed by atoms with Gasteiger partial charge in [-0.25, -0.2) is 8.78 Å². The molecule has 16 heteroatoms. The van der Waals surface area contributed by atoms with Crippen LogP contribution in [-0.4, -0.2) is 108 Å². The average molecular weight is 1060 g/mol. The summed E-state index contributed by atoms with van der Waals surface area (Å²) in [5.74, 6) is -0.850. The lowest BCUT2D eigenvalue weighted by atomic mass is 9.88. The Hall–Kier alpha value is -6.49. The first kappa shape index (κ1) is 63.0. The van der Waals surface area contributed by atoms with Crippen LogP contribution in [0.4, 0.5) is 20.2 Å². The van der Waals surface area contributed by atoms with Crippen LogP contribution in [0.1, 0.15) is 145 Å². The van der Waals surface area contributed by atoms with Gasteiger partial charge >= 0.3 is 0 Å². The first-order chi connectivity index (χ1) is 37.0. The Kier molecular flexibility index (Phi) is 25.4. The maximum Gasteiger partial charge on any atom is 0.257 e. The Labute approximate surface area is 457 Å². The monoisotopic (exact) mass is 1060 g/mol. The van der Waals surface area contributed by atoms with E-state index in [0.29, 0.717) is 47.6 Å². The summed E-state index contributed by atoms with van der Waals surface area (Å²) in [6.45, 7) is 29.7. The molecule has 420 valence electrons. The molecule has 0 bridgehead atoms. The van der Waals surface area contributed by atoms with Crippen LogP contribution < -0.4 is 31.6 Å². The van der Waals surface area contributed by atoms with E-state index >= 15 is 4.39 Å². The molecule has 2 amide bonds. The van der Waals surface area contributed by atoms with E-state index in [1.54, 1.807) is 36.0 Å². The molecule has 7 rings (SSSR count). The van der Waals surface area contributed by atoms with Crippen LogP contribution in [0.2, 0.25) is 0 Å². The average Bonchev–Trinajstić information content (AvgIpc) is 3.82. The number of allylic oxidation sites excluding steroid dienone is 3. The van der Waals surface area contributed by atoms with Gasteiger partial charge in [0.05, 0.1) is 24.2 Å². The number of imide groups is 1. The number of aryl methyl sites for hydroxylation is 3. The van der Waals surface area contributed by atoms with Gasteiger partial charge in [0.15, 0.2) is 5.78 Å². The molecule has 14 nitrogen and oxygen atoms in total. The van der Waals surface area contributed by atoms with Crippen molar-refractivity contribution in [1.29, 1.82) is 0 Å². The topological polar surface area (TPSA) is 155 Å². The molecule has 2 aromatic heterocycles. The molecule has 0 saturated carbocycles. The number of carbonyl (C=O) groups is 3. The van der Waals surface area contributed by atoms with Crippen molar-refractivity contribution in [2.24, 2.45) is 0 Å². The van der Waals surface area contributed by atoms with Crippen molar-refractivity contribution in [3.8, 4) is 5.75 Å². The molecule has 2 unspecified atom stereocenters. The summed E-state index contributed by atoms with van der Waals surface area (Å²) < 4.78 is 39.3. The predicted molar refractivity (Wildman–Crippen MR) is 311 cm³/mol. The fourth-order valence-corrected chi connectivity index (χ4v) is 9.89. The quantitative estimate of drug-likeness (QED) is 0.0403. The van der Waals surface area contributed by atoms with Crippen LogP contribution in [0.25, 0.3) is 11.3 Å². The fraction of sp³-hybridized carbons (Fsp3) is 0.492. The first-order valence-corrected chi connectivity index (χ1v) is 27.6. The normalized spacial score (nSPS) is 16.8. The van der Waals surface area contributed by atoms with Gasteiger partial charge in [-0.05, 0) is 151 Å². The van der Waals surface area contributed by atoms with Crippen molar-refractivity contribution >= 4 is 40.2 Å². The second kappa shape index (κ2) is 31.0. The maximum atomic E-state index is 15.2. The van der Waals surface area contributed by atoms with E-state index in [1.807, 2.05) is 59.9 Å². The largest absolute Gasteiger partial charge is 0.495 e. The number of aromatic nitrogens is 3. The summed E-state index contributed by atoms with van der Waals surface area (Å²) in [6.07, 6.45) is 12.9. The van der Waals surface area contributed by atoms with Crippen LogP contribution >= 0.6 is 0 Å². The van der Waals surface area contributed by atoms with Crippen LogP contribution in [-0.2, 0) is 29.1 Å². The van der Waals surface area contributed by atoms with Crippen LogP contribution in [0.3, 0.4) is 0 Å². The Balaban J connectivity index is 0.000000313. The third kappa shape index (κ3) is 17.0. The van der Waals surface area contributed by atoms with Crippen molar-refractivity contribution < 1.29 is 27.9 Å². The van der Waals surface area contributed by atoms with Gasteiger partial charge in [-0.2, -0.15) is 5.10 Å². The molecule has 4 aromatic rings. The van der Waals surface area contributed by atoms with E-state index in [9.17, 15) is 23.6 Å². The van der Waals surface area contributed by atoms with Gasteiger partial charge in [-0.3, -0.25) is 43.5 Å². The number of hydrogen-bond acceptors (Lipinski definition) is 11. The molecule has 2 fully saturated rings. The van der Waals surface area contributed by atoms with E-state index in [1.165, 1.54) is 31.9 Å². The molecular formula is C61H87F2N9O5. The molecule has 2 saturated heterocycles. The number of benzene rings is 2. The smallest absolute Gasteiger partial charge is 0.257 e. The second-order valence-corrected chi connectivity index (χ2v) is 19.3. The number of anilines is 2. The first-order valence-electron chi connectivity index (χ1n) is 27.6. The number of halogens is 2. The van der Waals surface area contributed by atoms with Gasteiger partial charge in [-0.15, -0.1) is 0 Å². The molecule has 2 atom stereocenters. The van der Waals surface area contributed by atoms with Crippen LogP contribution in [0, 0.1) is 18.6 Å². The van der Waals surface area contributed by atoms with Gasteiger partial charge in [0.2, 0.25) is 11.8 Å². The molecule has 3 aliphatic heterocycles. The van der Waals surface area contributed by atoms with E-state index in [2.05, 4.69) is 82.2 Å². The summed E-state index contributed by atoms with van der Waals surface area (Å²) in [5, 5.41) is 16.2. The number of nitrogens with zero attached hydrogens (tertiary/aromatic N) is 5. The highest BCUT2D eigenvalue weighted by atomic mass is 19.1. The van der Waals surface area contributed by atoms with Crippen molar-refractivity contribution in [2.45, 2.75) is 145 Å². The number of Topliss-reactive ketones (excluding diaryl/α,β-unsaturated/α-hetero) is 1. The predicted octanol–water partition coefficient (Wildman–Crippen LogP) is 10.9. The lowest BCUT2D eigenvalue weighted by Gasteiger charge is -2.33. The van der Waals surface area contributed by atoms with E-state index < -0.39 is 11.9 Å². The molecule has 3 aliphatic rings. The van der Waals surface area contributed by atoms with Gasteiger partial charge in [0.1, 0.15) is 23.4 Å². The van der Waals surface area contributed by atoms with Crippen LogP contribution in [0.15, 0.2) is 89.4 Å². The van der Waals surface area contributed by atoms with Crippen molar-refractivity contribution in [2.75, 3.05) is 64.6 Å². The number of likely N-dealkylation sites (tertiary alicyclic amines) is 1. The number of methoxy groups -OCH3 is 1. The lowest BCUT2D eigenvalue weighted by Crippen LogP contribution is -2.47. The minimum atomic E-state index is -0.593. The number of hydrogen-bond donors (Lipinski definition) is 4. The molecule has 0 spiro atoms. The number of nitrogens with one attached hydrogen (secondary N) is 4. The molecule has 0 radical (unpaired) electrons. The van der Waals surface area contributed by atoms with Crippen LogP contribution in [0.5, 0.6) is 5.75 Å². The van der Waals surface area contributed by atoms with E-state index in [0.717, 1.165) is 104 Å². The summed E-state index contributed by atoms with van der Waals surface area (Å²) in [6, 6.07) is 11.4. The highest BCUT2D eigenvalue weighted by molar-refractivity contribution is 6.01.